The van der Waals surface area contributed by atoms with Gasteiger partial charge in [0.05, 0.1) is 25.5 Å². The fraction of sp³-hybridized carbons (Fsp3) is 0.667. The van der Waals surface area contributed by atoms with Crippen molar-refractivity contribution < 1.29 is 9.47 Å². The summed E-state index contributed by atoms with van der Waals surface area (Å²) in [5, 5.41) is 0. The molecule has 1 aromatic heterocycles. The van der Waals surface area contributed by atoms with Gasteiger partial charge in [-0.2, -0.15) is 0 Å². The van der Waals surface area contributed by atoms with E-state index >= 15 is 0 Å². The van der Waals surface area contributed by atoms with Gasteiger partial charge in [0.2, 0.25) is 0 Å². The first-order chi connectivity index (χ1) is 8.56. The lowest BCUT2D eigenvalue weighted by atomic mass is 10.1. The smallest absolute Gasteiger partial charge is 0.265 e. The molecule has 0 aromatic carbocycles. The van der Waals surface area contributed by atoms with Crippen molar-refractivity contribution >= 4 is 15.9 Å². The normalized spacial score (nSPS) is 11.2. The summed E-state index contributed by atoms with van der Waals surface area (Å²) < 4.78 is 10.7. The molecule has 0 amide bonds. The molecule has 1 N–H and O–H groups in total. The fourth-order valence-electron chi connectivity index (χ4n) is 1.44. The minimum absolute atomic E-state index is 0.138. The number of halogens is 1. The van der Waals surface area contributed by atoms with Crippen molar-refractivity contribution in [3.05, 3.63) is 26.3 Å². The molecule has 5 nitrogen and oxygen atoms in total. The maximum atomic E-state index is 11.7. The van der Waals surface area contributed by atoms with Gasteiger partial charge in [0, 0.05) is 13.5 Å². The van der Waals surface area contributed by atoms with Crippen LogP contribution < -0.4 is 5.56 Å². The molecule has 0 aliphatic rings. The standard InChI is InChI=1S/C12H19BrN2O3/c1-8(2)11-10(13)12(16)15-9(14-11)4-5-18-7-6-17-3/h8H,4-7H2,1-3H3,(H,14,15,16). The lowest BCUT2D eigenvalue weighted by Crippen LogP contribution is -2.18. The summed E-state index contributed by atoms with van der Waals surface area (Å²) in [6.07, 6.45) is 0.589. The van der Waals surface area contributed by atoms with Crippen LogP contribution in [0, 0.1) is 0 Å². The third-order valence-electron chi connectivity index (χ3n) is 2.40. The van der Waals surface area contributed by atoms with Crippen molar-refractivity contribution in [3.8, 4) is 0 Å². The third kappa shape index (κ3) is 4.51. The summed E-state index contributed by atoms with van der Waals surface area (Å²) >= 11 is 3.26. The van der Waals surface area contributed by atoms with Gasteiger partial charge in [0.15, 0.2) is 0 Å². The Morgan fingerprint density at radius 2 is 2.06 bits per heavy atom. The van der Waals surface area contributed by atoms with Crippen molar-refractivity contribution in [1.82, 2.24) is 9.97 Å². The van der Waals surface area contributed by atoms with Gasteiger partial charge < -0.3 is 14.5 Å². The van der Waals surface area contributed by atoms with Gasteiger partial charge in [-0.3, -0.25) is 4.79 Å². The average Bonchev–Trinajstić information content (AvgIpc) is 2.32. The first-order valence-corrected chi connectivity index (χ1v) is 6.70. The summed E-state index contributed by atoms with van der Waals surface area (Å²) in [4.78, 5) is 18.9. The molecule has 1 rings (SSSR count). The zero-order valence-corrected chi connectivity index (χ0v) is 12.5. The van der Waals surface area contributed by atoms with Gasteiger partial charge in [-0.25, -0.2) is 4.98 Å². The zero-order valence-electron chi connectivity index (χ0n) is 11.0. The Bertz CT molecular complexity index is 432. The molecule has 0 saturated carbocycles. The number of methoxy groups -OCH3 is 1. The van der Waals surface area contributed by atoms with E-state index in [1.54, 1.807) is 7.11 Å². The summed E-state index contributed by atoms with van der Waals surface area (Å²) in [7, 11) is 1.63. The first kappa shape index (κ1) is 15.3. The van der Waals surface area contributed by atoms with Crippen LogP contribution in [0.3, 0.4) is 0 Å². The van der Waals surface area contributed by atoms with Crippen LogP contribution in [0.4, 0.5) is 0 Å². The minimum atomic E-state index is -0.138. The van der Waals surface area contributed by atoms with Gasteiger partial charge in [-0.15, -0.1) is 0 Å². The Kier molecular flexibility index (Phi) is 6.52. The van der Waals surface area contributed by atoms with Gasteiger partial charge in [0.1, 0.15) is 10.3 Å². The predicted octanol–water partition coefficient (Wildman–Crippen LogP) is 1.86. The summed E-state index contributed by atoms with van der Waals surface area (Å²) in [6.45, 7) is 5.65. The highest BCUT2D eigenvalue weighted by Crippen LogP contribution is 2.18. The van der Waals surface area contributed by atoms with Gasteiger partial charge in [-0.05, 0) is 21.8 Å². The van der Waals surface area contributed by atoms with E-state index in [1.165, 1.54) is 0 Å². The van der Waals surface area contributed by atoms with Crippen molar-refractivity contribution in [2.75, 3.05) is 26.9 Å². The zero-order chi connectivity index (χ0) is 13.5. The quantitative estimate of drug-likeness (QED) is 0.779. The molecule has 0 saturated heterocycles. The number of ether oxygens (including phenoxy) is 2. The molecule has 0 radical (unpaired) electrons. The molecule has 0 spiro atoms. The summed E-state index contributed by atoms with van der Waals surface area (Å²) in [5.74, 6) is 0.860. The lowest BCUT2D eigenvalue weighted by Gasteiger charge is -2.09. The maximum Gasteiger partial charge on any atom is 0.265 e. The fourth-order valence-corrected chi connectivity index (χ4v) is 2.08. The van der Waals surface area contributed by atoms with E-state index < -0.39 is 0 Å². The van der Waals surface area contributed by atoms with Crippen LogP contribution in [0.5, 0.6) is 0 Å². The molecule has 1 aromatic rings. The maximum absolute atomic E-state index is 11.7. The largest absolute Gasteiger partial charge is 0.382 e. The Morgan fingerprint density at radius 1 is 1.33 bits per heavy atom. The van der Waals surface area contributed by atoms with Crippen molar-refractivity contribution in [2.45, 2.75) is 26.2 Å². The Labute approximate surface area is 115 Å². The van der Waals surface area contributed by atoms with Crippen molar-refractivity contribution in [2.24, 2.45) is 0 Å². The van der Waals surface area contributed by atoms with Gasteiger partial charge in [-0.1, -0.05) is 13.8 Å². The van der Waals surface area contributed by atoms with E-state index in [-0.39, 0.29) is 11.5 Å². The van der Waals surface area contributed by atoms with Crippen LogP contribution in [-0.4, -0.2) is 36.9 Å². The number of aromatic amines is 1. The topological polar surface area (TPSA) is 64.2 Å². The monoisotopic (exact) mass is 318 g/mol. The molecule has 0 atom stereocenters. The summed E-state index contributed by atoms with van der Waals surface area (Å²) in [5.41, 5.74) is 0.645. The Hall–Kier alpha value is -0.720. The van der Waals surface area contributed by atoms with E-state index in [0.717, 1.165) is 5.69 Å². The molecular weight excluding hydrogens is 300 g/mol. The molecule has 6 heteroatoms. The average molecular weight is 319 g/mol. The number of nitrogens with zero attached hydrogens (tertiary/aromatic N) is 1. The first-order valence-electron chi connectivity index (χ1n) is 5.91. The molecule has 0 bridgehead atoms. The molecule has 0 aliphatic carbocycles. The van der Waals surface area contributed by atoms with Crippen molar-refractivity contribution in [1.29, 1.82) is 0 Å². The van der Waals surface area contributed by atoms with Crippen LogP contribution >= 0.6 is 15.9 Å². The molecule has 0 unspecified atom stereocenters. The predicted molar refractivity (Wildman–Crippen MR) is 73.0 cm³/mol. The van der Waals surface area contributed by atoms with Gasteiger partial charge in [0.25, 0.3) is 5.56 Å². The number of nitrogens with one attached hydrogen (secondary N) is 1. The minimum Gasteiger partial charge on any atom is -0.382 e. The van der Waals surface area contributed by atoms with Crippen LogP contribution in [-0.2, 0) is 15.9 Å². The molecule has 0 aliphatic heterocycles. The van der Waals surface area contributed by atoms with Crippen LogP contribution in [0.15, 0.2) is 9.27 Å². The Morgan fingerprint density at radius 3 is 2.67 bits per heavy atom. The third-order valence-corrected chi connectivity index (χ3v) is 3.17. The second-order valence-corrected chi connectivity index (χ2v) is 5.01. The second kappa shape index (κ2) is 7.66. The van der Waals surface area contributed by atoms with Crippen LogP contribution in [0.2, 0.25) is 0 Å². The van der Waals surface area contributed by atoms with E-state index in [9.17, 15) is 4.79 Å². The number of hydrogen-bond donors (Lipinski definition) is 1. The van der Waals surface area contributed by atoms with E-state index in [2.05, 4.69) is 25.9 Å². The molecule has 18 heavy (non-hydrogen) atoms. The van der Waals surface area contributed by atoms with Crippen LogP contribution in [0.25, 0.3) is 0 Å². The highest BCUT2D eigenvalue weighted by Gasteiger charge is 2.11. The second-order valence-electron chi connectivity index (χ2n) is 4.22. The molecular formula is C12H19BrN2O3. The SMILES string of the molecule is COCCOCCc1nc(C(C)C)c(Br)c(=O)[nH]1. The van der Waals surface area contributed by atoms with E-state index in [4.69, 9.17) is 9.47 Å². The number of aromatic nitrogens is 2. The highest BCUT2D eigenvalue weighted by atomic mass is 79.9. The van der Waals surface area contributed by atoms with Crippen LogP contribution in [0.1, 0.15) is 31.3 Å². The number of rotatable bonds is 7. The van der Waals surface area contributed by atoms with E-state index in [1.807, 2.05) is 13.8 Å². The Balaban J connectivity index is 2.64. The van der Waals surface area contributed by atoms with E-state index in [0.29, 0.717) is 36.5 Å². The number of hydrogen-bond acceptors (Lipinski definition) is 4. The summed E-state index contributed by atoms with van der Waals surface area (Å²) in [6, 6.07) is 0. The van der Waals surface area contributed by atoms with Gasteiger partial charge >= 0.3 is 0 Å². The lowest BCUT2D eigenvalue weighted by molar-refractivity contribution is 0.0716. The molecule has 0 fully saturated rings. The number of H-pyrrole nitrogens is 1. The molecule has 1 heterocycles. The van der Waals surface area contributed by atoms with Crippen molar-refractivity contribution in [3.63, 3.8) is 0 Å². The highest BCUT2D eigenvalue weighted by molar-refractivity contribution is 9.10. The molecule has 102 valence electrons.